The maximum absolute atomic E-state index is 10.8. The quantitative estimate of drug-likeness (QED) is 0.433. The Hall–Kier alpha value is 0.270. The van der Waals surface area contributed by atoms with Gasteiger partial charge in [-0.2, -0.15) is 0 Å². The van der Waals surface area contributed by atoms with Crippen LogP contribution in [0.15, 0.2) is 23.1 Å². The minimum absolute atomic E-state index is 0. The van der Waals surface area contributed by atoms with Crippen LogP contribution in [0.25, 0.3) is 0 Å². The van der Waals surface area contributed by atoms with Gasteiger partial charge < -0.3 is 20.2 Å². The second kappa shape index (κ2) is 8.39. The molecule has 0 saturated carbocycles. The number of aromatic carboxylic acids is 1. The molecule has 1 aromatic carbocycles. The van der Waals surface area contributed by atoms with Crippen molar-refractivity contribution in [2.75, 3.05) is 0 Å². The maximum Gasteiger partial charge on any atom is 1.00 e. The number of carbonyl (C=O) groups is 2. The Balaban J connectivity index is 0. The van der Waals surface area contributed by atoms with Crippen LogP contribution in [-0.4, -0.2) is 20.6 Å². The molecular formula is C8H5NNa2O5S. The summed E-state index contributed by atoms with van der Waals surface area (Å²) in [5.41, 5.74) is 4.29. The fourth-order valence-corrected chi connectivity index (χ4v) is 1.40. The number of carboxylic acid groups (broad SMARTS) is 1. The topological polar surface area (TPSA) is 123 Å². The first kappa shape index (κ1) is 19.6. The summed E-state index contributed by atoms with van der Waals surface area (Å²) in [4.78, 5) is 20.9. The van der Waals surface area contributed by atoms with E-state index in [2.05, 4.69) is 0 Å². The average molecular weight is 273 g/mol. The molecule has 1 aromatic rings. The van der Waals surface area contributed by atoms with Gasteiger partial charge in [0.05, 0.1) is 5.97 Å². The Kier molecular flexibility index (Phi) is 9.67. The molecule has 0 spiro atoms. The van der Waals surface area contributed by atoms with Gasteiger partial charge in [-0.1, -0.05) is 0 Å². The normalized spacial score (nSPS) is 10.6. The summed E-state index contributed by atoms with van der Waals surface area (Å²) in [5.74, 6) is -2.49. The van der Waals surface area contributed by atoms with Crippen molar-refractivity contribution in [3.8, 4) is 0 Å². The van der Waals surface area contributed by atoms with Crippen LogP contribution in [-0.2, 0) is 11.1 Å². The Morgan fingerprint density at radius 3 is 1.94 bits per heavy atom. The molecule has 0 aromatic heterocycles. The summed E-state index contributed by atoms with van der Waals surface area (Å²) in [6, 6.07) is 2.82. The predicted molar refractivity (Wildman–Crippen MR) is 46.5 cm³/mol. The molecule has 2 N–H and O–H groups in total. The fourth-order valence-electron chi connectivity index (χ4n) is 0.955. The molecule has 17 heavy (non-hydrogen) atoms. The van der Waals surface area contributed by atoms with Crippen molar-refractivity contribution in [1.82, 2.24) is 0 Å². The fraction of sp³-hybridized carbons (Fsp3) is 0. The van der Waals surface area contributed by atoms with Gasteiger partial charge in [-0.15, -0.1) is 0 Å². The molecule has 1 rings (SSSR count). The van der Waals surface area contributed by atoms with E-state index in [1.807, 2.05) is 0 Å². The van der Waals surface area contributed by atoms with Gasteiger partial charge in [0.2, 0.25) is 5.91 Å². The molecule has 1 unspecified atom stereocenters. The zero-order valence-corrected chi connectivity index (χ0v) is 14.1. The average Bonchev–Trinajstić information content (AvgIpc) is 2.16. The van der Waals surface area contributed by atoms with Gasteiger partial charge in [-0.05, 0) is 34.8 Å². The van der Waals surface area contributed by atoms with Gasteiger partial charge in [0.25, 0.3) is 0 Å². The van der Waals surface area contributed by atoms with E-state index < -0.39 is 28.5 Å². The number of hydrogen-bond acceptors (Lipinski definition) is 5. The number of hydrogen-bond donors (Lipinski definition) is 1. The van der Waals surface area contributed by atoms with E-state index in [4.69, 9.17) is 5.73 Å². The number of primary amides is 1. The van der Waals surface area contributed by atoms with Crippen LogP contribution >= 0.6 is 0 Å². The van der Waals surface area contributed by atoms with Crippen molar-refractivity contribution >= 4 is 23.0 Å². The summed E-state index contributed by atoms with van der Waals surface area (Å²) in [6.45, 7) is 0. The Labute approximate surface area is 144 Å². The first-order chi connectivity index (χ1) is 6.91. The molecule has 80 valence electrons. The number of carbonyl (C=O) groups excluding carboxylic acids is 2. The standard InChI is InChI=1S/C8H7NO5S.2Na/c9-7(10)4-1-5(8(11)12)3-6(2-4)15(13)14;;/h1-3H,(H2,9,10)(H,11,12)(H,13,14);;/q;2*+1/p-2. The van der Waals surface area contributed by atoms with E-state index in [0.717, 1.165) is 18.2 Å². The van der Waals surface area contributed by atoms with Gasteiger partial charge in [-0.3, -0.25) is 9.00 Å². The third kappa shape index (κ3) is 5.62. The van der Waals surface area contributed by atoms with Crippen molar-refractivity contribution in [3.63, 3.8) is 0 Å². The second-order valence-electron chi connectivity index (χ2n) is 2.63. The van der Waals surface area contributed by atoms with E-state index in [1.54, 1.807) is 0 Å². The van der Waals surface area contributed by atoms with Gasteiger partial charge in [-0.25, -0.2) is 0 Å². The predicted octanol–water partition coefficient (Wildman–Crippen LogP) is -7.60. The van der Waals surface area contributed by atoms with Crippen LogP contribution in [0.1, 0.15) is 20.7 Å². The molecule has 0 bridgehead atoms. The number of amides is 1. The van der Waals surface area contributed by atoms with Crippen LogP contribution in [0.5, 0.6) is 0 Å². The maximum atomic E-state index is 10.8. The second-order valence-corrected chi connectivity index (χ2v) is 3.57. The number of benzene rings is 1. The van der Waals surface area contributed by atoms with E-state index in [-0.39, 0.29) is 69.6 Å². The molecule has 0 aliphatic carbocycles. The van der Waals surface area contributed by atoms with Crippen LogP contribution in [0.4, 0.5) is 0 Å². The number of carboxylic acids is 1. The monoisotopic (exact) mass is 273 g/mol. The van der Waals surface area contributed by atoms with Gasteiger partial charge in [0.1, 0.15) is 0 Å². The Morgan fingerprint density at radius 2 is 1.59 bits per heavy atom. The first-order valence-electron chi connectivity index (χ1n) is 3.67. The van der Waals surface area contributed by atoms with Crippen LogP contribution in [0.3, 0.4) is 0 Å². The molecule has 9 heteroatoms. The summed E-state index contributed by atoms with van der Waals surface area (Å²) < 4.78 is 21.2. The van der Waals surface area contributed by atoms with Crippen molar-refractivity contribution in [2.45, 2.75) is 4.90 Å². The molecule has 1 amide bonds. The summed E-state index contributed by atoms with van der Waals surface area (Å²) in [6.07, 6.45) is 0. The van der Waals surface area contributed by atoms with E-state index in [1.165, 1.54) is 0 Å². The van der Waals surface area contributed by atoms with Gasteiger partial charge in [0, 0.05) is 10.5 Å². The number of nitrogens with two attached hydrogens (primary N) is 1. The largest absolute Gasteiger partial charge is 1.00 e. The van der Waals surface area contributed by atoms with E-state index >= 15 is 0 Å². The van der Waals surface area contributed by atoms with Crippen LogP contribution in [0, 0.1) is 0 Å². The van der Waals surface area contributed by atoms with Crippen LogP contribution in [0.2, 0.25) is 0 Å². The zero-order valence-electron chi connectivity index (χ0n) is 9.26. The molecule has 0 saturated heterocycles. The molecule has 0 aliphatic rings. The van der Waals surface area contributed by atoms with E-state index in [0.29, 0.717) is 0 Å². The zero-order chi connectivity index (χ0) is 11.6. The third-order valence-electron chi connectivity index (χ3n) is 1.62. The Morgan fingerprint density at radius 1 is 1.12 bits per heavy atom. The smallest absolute Gasteiger partial charge is 0.768 e. The molecule has 0 aliphatic heterocycles. The van der Waals surface area contributed by atoms with Crippen molar-refractivity contribution < 1.29 is 82.6 Å². The van der Waals surface area contributed by atoms with Crippen molar-refractivity contribution in [1.29, 1.82) is 0 Å². The summed E-state index contributed by atoms with van der Waals surface area (Å²) in [5, 5.41) is 10.5. The van der Waals surface area contributed by atoms with Gasteiger partial charge in [0.15, 0.2) is 0 Å². The molecular weight excluding hydrogens is 268 g/mol. The van der Waals surface area contributed by atoms with Crippen LogP contribution < -0.4 is 70.0 Å². The minimum Gasteiger partial charge on any atom is -0.768 e. The third-order valence-corrected chi connectivity index (χ3v) is 2.24. The van der Waals surface area contributed by atoms with E-state index in [9.17, 15) is 23.5 Å². The molecule has 6 nitrogen and oxygen atoms in total. The molecule has 0 fully saturated rings. The molecule has 1 atom stereocenters. The summed E-state index contributed by atoms with van der Waals surface area (Å²) in [7, 11) is 0. The first-order valence-corrected chi connectivity index (χ1v) is 4.75. The number of rotatable bonds is 3. The summed E-state index contributed by atoms with van der Waals surface area (Å²) >= 11 is -2.63. The minimum atomic E-state index is -2.63. The SMILES string of the molecule is NC(=O)c1cc(C(=O)[O-])cc(S(=O)[O-])c1.[Na+].[Na+]. The molecule has 0 heterocycles. The van der Waals surface area contributed by atoms with Crippen molar-refractivity contribution in [3.05, 3.63) is 29.3 Å². The van der Waals surface area contributed by atoms with Crippen molar-refractivity contribution in [2.24, 2.45) is 5.73 Å². The van der Waals surface area contributed by atoms with Gasteiger partial charge >= 0.3 is 59.1 Å². The molecule has 0 radical (unpaired) electrons. The Bertz CT molecular complexity index is 386.